The van der Waals surface area contributed by atoms with Gasteiger partial charge >= 0.3 is 0 Å². The van der Waals surface area contributed by atoms with Crippen molar-refractivity contribution < 1.29 is 18.0 Å². The van der Waals surface area contributed by atoms with Gasteiger partial charge in [0.1, 0.15) is 0 Å². The molecular formula is C9H7F3O. The van der Waals surface area contributed by atoms with E-state index in [9.17, 15) is 18.0 Å². The van der Waals surface area contributed by atoms with Gasteiger partial charge in [-0.25, -0.2) is 13.2 Å². The molecule has 0 bridgehead atoms. The van der Waals surface area contributed by atoms with E-state index in [1.165, 1.54) is 0 Å². The number of benzene rings is 1. The lowest BCUT2D eigenvalue weighted by molar-refractivity contribution is -0.117. The molecule has 1 rings (SSSR count). The van der Waals surface area contributed by atoms with Crippen molar-refractivity contribution in [1.29, 1.82) is 0 Å². The van der Waals surface area contributed by atoms with Gasteiger partial charge in [-0.15, -0.1) is 0 Å². The molecule has 1 unspecified atom stereocenters. The van der Waals surface area contributed by atoms with Gasteiger partial charge in [-0.2, -0.15) is 0 Å². The zero-order valence-corrected chi connectivity index (χ0v) is 6.85. The molecule has 0 radical (unpaired) electrons. The lowest BCUT2D eigenvalue weighted by Crippen LogP contribution is -2.19. The standard InChI is InChI=1S/C9H7F3O/c1-9(12,5-13)6-3-2-4-7(10)8(6)11/h2-5H,1H3. The minimum absolute atomic E-state index is 0.0646. The summed E-state index contributed by atoms with van der Waals surface area (Å²) in [7, 11) is 0. The van der Waals surface area contributed by atoms with Crippen molar-refractivity contribution >= 4 is 6.29 Å². The molecule has 0 aromatic heterocycles. The molecule has 4 heteroatoms. The number of alkyl halides is 1. The van der Waals surface area contributed by atoms with E-state index in [0.29, 0.717) is 0 Å². The second kappa shape index (κ2) is 3.20. The molecule has 0 saturated carbocycles. The van der Waals surface area contributed by atoms with Crippen LogP contribution in [0.25, 0.3) is 0 Å². The van der Waals surface area contributed by atoms with Crippen molar-refractivity contribution in [3.8, 4) is 0 Å². The largest absolute Gasteiger partial charge is 0.299 e. The number of carbonyl (C=O) groups excluding carboxylic acids is 1. The van der Waals surface area contributed by atoms with E-state index in [2.05, 4.69) is 0 Å². The summed E-state index contributed by atoms with van der Waals surface area (Å²) in [5, 5.41) is 0. The van der Waals surface area contributed by atoms with Crippen molar-refractivity contribution in [3.63, 3.8) is 0 Å². The molecule has 0 aliphatic rings. The minimum atomic E-state index is -2.48. The van der Waals surface area contributed by atoms with Gasteiger partial charge in [0.05, 0.1) is 0 Å². The van der Waals surface area contributed by atoms with E-state index >= 15 is 0 Å². The summed E-state index contributed by atoms with van der Waals surface area (Å²) >= 11 is 0. The average molecular weight is 188 g/mol. The lowest BCUT2D eigenvalue weighted by atomic mass is 9.99. The number of aldehydes is 1. The smallest absolute Gasteiger partial charge is 0.190 e. The number of hydrogen-bond acceptors (Lipinski definition) is 1. The number of rotatable bonds is 2. The second-order valence-corrected chi connectivity index (χ2v) is 2.79. The first-order valence-electron chi connectivity index (χ1n) is 3.59. The van der Waals surface area contributed by atoms with E-state index in [4.69, 9.17) is 0 Å². The van der Waals surface area contributed by atoms with Gasteiger partial charge in [0, 0.05) is 5.56 Å². The zero-order valence-electron chi connectivity index (χ0n) is 6.85. The van der Waals surface area contributed by atoms with Crippen LogP contribution in [0.3, 0.4) is 0 Å². The molecule has 70 valence electrons. The Morgan fingerprint density at radius 1 is 1.38 bits per heavy atom. The molecule has 0 aliphatic heterocycles. The Hall–Kier alpha value is -1.32. The summed E-state index contributed by atoms with van der Waals surface area (Å²) in [4.78, 5) is 10.2. The minimum Gasteiger partial charge on any atom is -0.299 e. The molecule has 0 amide bonds. The summed E-state index contributed by atoms with van der Waals surface area (Å²) in [5.74, 6) is -2.48. The average Bonchev–Trinajstić information content (AvgIpc) is 2.09. The predicted octanol–water partition coefficient (Wildman–Crippen LogP) is 2.35. The second-order valence-electron chi connectivity index (χ2n) is 2.79. The monoisotopic (exact) mass is 188 g/mol. The molecule has 0 heterocycles. The van der Waals surface area contributed by atoms with Crippen LogP contribution >= 0.6 is 0 Å². The summed E-state index contributed by atoms with van der Waals surface area (Å²) in [6.45, 7) is 0.873. The van der Waals surface area contributed by atoms with Crippen LogP contribution in [-0.4, -0.2) is 6.29 Å². The predicted molar refractivity (Wildman–Crippen MR) is 40.9 cm³/mol. The third-order valence-electron chi connectivity index (χ3n) is 1.70. The quantitative estimate of drug-likeness (QED) is 0.651. The first-order chi connectivity index (χ1) is 5.99. The molecule has 0 fully saturated rings. The van der Waals surface area contributed by atoms with Crippen LogP contribution in [0, 0.1) is 11.6 Å². The Balaban J connectivity index is 3.30. The van der Waals surface area contributed by atoms with Crippen LogP contribution in [-0.2, 0) is 10.5 Å². The fourth-order valence-corrected chi connectivity index (χ4v) is 0.945. The third-order valence-corrected chi connectivity index (χ3v) is 1.70. The third kappa shape index (κ3) is 1.71. The van der Waals surface area contributed by atoms with Crippen LogP contribution in [0.2, 0.25) is 0 Å². The van der Waals surface area contributed by atoms with Gasteiger partial charge in [0.25, 0.3) is 0 Å². The Kier molecular flexibility index (Phi) is 2.40. The SMILES string of the molecule is CC(F)(C=O)c1cccc(F)c1F. The van der Waals surface area contributed by atoms with Crippen molar-refractivity contribution in [1.82, 2.24) is 0 Å². The molecule has 1 aromatic carbocycles. The zero-order chi connectivity index (χ0) is 10.1. The summed E-state index contributed by atoms with van der Waals surface area (Å²) < 4.78 is 38.7. The normalized spacial score (nSPS) is 15.1. The molecule has 0 saturated heterocycles. The van der Waals surface area contributed by atoms with E-state index < -0.39 is 22.9 Å². The van der Waals surface area contributed by atoms with Crippen LogP contribution in [0.4, 0.5) is 13.2 Å². The van der Waals surface area contributed by atoms with Crippen LogP contribution in [0.1, 0.15) is 12.5 Å². The molecule has 0 spiro atoms. The lowest BCUT2D eigenvalue weighted by Gasteiger charge is -2.13. The Morgan fingerprint density at radius 3 is 2.54 bits per heavy atom. The maximum absolute atomic E-state index is 13.2. The first kappa shape index (κ1) is 9.77. The fraction of sp³-hybridized carbons (Fsp3) is 0.222. The molecule has 0 aliphatic carbocycles. The van der Waals surface area contributed by atoms with Gasteiger partial charge < -0.3 is 0 Å². The summed E-state index contributed by atoms with van der Waals surface area (Å²) in [6, 6.07) is 3.04. The first-order valence-corrected chi connectivity index (χ1v) is 3.59. The highest BCUT2D eigenvalue weighted by Crippen LogP contribution is 2.26. The van der Waals surface area contributed by atoms with Gasteiger partial charge in [-0.05, 0) is 13.0 Å². The van der Waals surface area contributed by atoms with E-state index in [0.717, 1.165) is 25.1 Å². The van der Waals surface area contributed by atoms with Crippen molar-refractivity contribution in [2.45, 2.75) is 12.6 Å². The number of halogens is 3. The van der Waals surface area contributed by atoms with Crippen LogP contribution in [0.15, 0.2) is 18.2 Å². The van der Waals surface area contributed by atoms with Gasteiger partial charge in [0.2, 0.25) is 0 Å². The molecule has 1 atom stereocenters. The Morgan fingerprint density at radius 2 is 2.00 bits per heavy atom. The van der Waals surface area contributed by atoms with Gasteiger partial charge in [-0.1, -0.05) is 12.1 Å². The maximum atomic E-state index is 13.2. The van der Waals surface area contributed by atoms with Crippen LogP contribution in [0.5, 0.6) is 0 Å². The van der Waals surface area contributed by atoms with Crippen LogP contribution < -0.4 is 0 Å². The van der Waals surface area contributed by atoms with E-state index in [1.54, 1.807) is 0 Å². The molecule has 0 N–H and O–H groups in total. The van der Waals surface area contributed by atoms with Gasteiger partial charge in [0.15, 0.2) is 23.6 Å². The highest BCUT2D eigenvalue weighted by Gasteiger charge is 2.29. The molecular weight excluding hydrogens is 181 g/mol. The molecule has 13 heavy (non-hydrogen) atoms. The van der Waals surface area contributed by atoms with Crippen molar-refractivity contribution in [2.75, 3.05) is 0 Å². The Labute approximate surface area is 73.2 Å². The number of hydrogen-bond donors (Lipinski definition) is 0. The molecule has 1 aromatic rings. The van der Waals surface area contributed by atoms with E-state index in [1.807, 2.05) is 0 Å². The summed E-state index contributed by atoms with van der Waals surface area (Å²) in [6.07, 6.45) is -0.0646. The topological polar surface area (TPSA) is 17.1 Å². The van der Waals surface area contributed by atoms with Crippen molar-refractivity contribution in [3.05, 3.63) is 35.4 Å². The number of carbonyl (C=O) groups is 1. The maximum Gasteiger partial charge on any atom is 0.190 e. The van der Waals surface area contributed by atoms with E-state index in [-0.39, 0.29) is 6.29 Å². The fourth-order valence-electron chi connectivity index (χ4n) is 0.945. The highest BCUT2D eigenvalue weighted by atomic mass is 19.2. The van der Waals surface area contributed by atoms with Crippen molar-refractivity contribution in [2.24, 2.45) is 0 Å². The van der Waals surface area contributed by atoms with Gasteiger partial charge in [-0.3, -0.25) is 4.79 Å². The highest BCUT2D eigenvalue weighted by molar-refractivity contribution is 5.65. The summed E-state index contributed by atoms with van der Waals surface area (Å²) in [5.41, 5.74) is -3.06. The molecule has 1 nitrogen and oxygen atoms in total. The Bertz CT molecular complexity index is 334.